The highest BCUT2D eigenvalue weighted by Crippen LogP contribution is 2.34. The van der Waals surface area contributed by atoms with Gasteiger partial charge in [0.2, 0.25) is 0 Å². The smallest absolute Gasteiger partial charge is 0.192 e. The molecule has 0 amide bonds. The van der Waals surface area contributed by atoms with Crippen molar-refractivity contribution >= 4 is 5.78 Å². The van der Waals surface area contributed by atoms with Crippen LogP contribution in [0.2, 0.25) is 0 Å². The molecule has 0 aromatic heterocycles. The molecule has 2 rings (SSSR count). The second kappa shape index (κ2) is 2.27. The number of hydrogen-bond acceptors (Lipinski definition) is 4. The average molecular weight is 158 g/mol. The van der Waals surface area contributed by atoms with Crippen LogP contribution in [0.1, 0.15) is 6.92 Å². The second-order valence-electron chi connectivity index (χ2n) is 2.81. The summed E-state index contributed by atoms with van der Waals surface area (Å²) in [5.41, 5.74) is 0. The highest BCUT2D eigenvalue weighted by Gasteiger charge is 2.56. The minimum Gasteiger partial charge on any atom is -0.356 e. The molecule has 0 bridgehead atoms. The molecule has 2 aliphatic rings. The summed E-state index contributed by atoms with van der Waals surface area (Å²) in [6.45, 7) is 1.71. The molecule has 4 atom stereocenters. The zero-order valence-electron chi connectivity index (χ0n) is 6.44. The van der Waals surface area contributed by atoms with Crippen molar-refractivity contribution in [3.05, 3.63) is 0 Å². The van der Waals surface area contributed by atoms with E-state index in [0.717, 1.165) is 0 Å². The van der Waals surface area contributed by atoms with Gasteiger partial charge < -0.3 is 14.2 Å². The monoisotopic (exact) mass is 158 g/mol. The van der Waals surface area contributed by atoms with Crippen LogP contribution in [0.5, 0.6) is 0 Å². The number of carbonyl (C=O) groups excluding carboxylic acids is 1. The minimum absolute atomic E-state index is 0.0308. The van der Waals surface area contributed by atoms with Gasteiger partial charge in [-0.05, 0) is 6.92 Å². The molecule has 62 valence electrons. The van der Waals surface area contributed by atoms with E-state index in [9.17, 15) is 4.79 Å². The van der Waals surface area contributed by atoms with Crippen LogP contribution in [0.4, 0.5) is 0 Å². The Balaban J connectivity index is 2.07. The van der Waals surface area contributed by atoms with Crippen LogP contribution < -0.4 is 0 Å². The van der Waals surface area contributed by atoms with E-state index in [1.54, 1.807) is 14.0 Å². The van der Waals surface area contributed by atoms with Crippen LogP contribution >= 0.6 is 0 Å². The Hall–Kier alpha value is -0.450. The lowest BCUT2D eigenvalue weighted by Gasteiger charge is -2.21. The molecule has 0 aromatic rings. The Morgan fingerprint density at radius 2 is 2.18 bits per heavy atom. The van der Waals surface area contributed by atoms with Gasteiger partial charge in [-0.25, -0.2) is 0 Å². The lowest BCUT2D eigenvalue weighted by Crippen LogP contribution is -2.40. The third-order valence-electron chi connectivity index (χ3n) is 2.05. The highest BCUT2D eigenvalue weighted by molar-refractivity contribution is 5.90. The molecule has 0 radical (unpaired) electrons. The normalized spacial score (nSPS) is 48.7. The minimum atomic E-state index is -0.385. The second-order valence-corrected chi connectivity index (χ2v) is 2.81. The number of Topliss-reactive ketones (excluding diaryl/α,β-unsaturated/α-hetero) is 1. The zero-order chi connectivity index (χ0) is 8.01. The van der Waals surface area contributed by atoms with Crippen LogP contribution in [0.25, 0.3) is 0 Å². The third kappa shape index (κ3) is 0.982. The van der Waals surface area contributed by atoms with E-state index in [1.807, 2.05) is 0 Å². The molecule has 4 nitrogen and oxygen atoms in total. The number of epoxide rings is 1. The Morgan fingerprint density at radius 1 is 1.45 bits per heavy atom. The van der Waals surface area contributed by atoms with Crippen LogP contribution in [0.3, 0.4) is 0 Å². The number of hydrogen-bond donors (Lipinski definition) is 0. The van der Waals surface area contributed by atoms with Crippen molar-refractivity contribution in [3.63, 3.8) is 0 Å². The molecule has 0 aromatic carbocycles. The SMILES string of the molecule is COC1OC(C)C(=O)C2OC12. The Kier molecular flexibility index (Phi) is 1.49. The first-order valence-corrected chi connectivity index (χ1v) is 3.61. The lowest BCUT2D eigenvalue weighted by atomic mass is 10.1. The summed E-state index contributed by atoms with van der Waals surface area (Å²) in [5.74, 6) is 0.0308. The zero-order valence-corrected chi connectivity index (χ0v) is 6.44. The fraction of sp³-hybridized carbons (Fsp3) is 0.857. The molecule has 2 aliphatic heterocycles. The number of fused-ring (bicyclic) bond motifs is 1. The predicted molar refractivity (Wildman–Crippen MR) is 35.0 cm³/mol. The first-order chi connectivity index (χ1) is 5.24. The van der Waals surface area contributed by atoms with Crippen molar-refractivity contribution in [1.82, 2.24) is 0 Å². The van der Waals surface area contributed by atoms with Gasteiger partial charge in [-0.1, -0.05) is 0 Å². The van der Waals surface area contributed by atoms with E-state index >= 15 is 0 Å². The van der Waals surface area contributed by atoms with Gasteiger partial charge in [0, 0.05) is 7.11 Å². The molecule has 2 fully saturated rings. The maximum atomic E-state index is 11.1. The molecule has 0 saturated carbocycles. The van der Waals surface area contributed by atoms with Crippen molar-refractivity contribution in [3.8, 4) is 0 Å². The first kappa shape index (κ1) is 7.21. The number of carbonyl (C=O) groups is 1. The van der Waals surface area contributed by atoms with Crippen LogP contribution in [-0.2, 0) is 19.0 Å². The summed E-state index contributed by atoms with van der Waals surface area (Å²) in [5, 5.41) is 0. The van der Waals surface area contributed by atoms with Crippen molar-refractivity contribution in [2.24, 2.45) is 0 Å². The Morgan fingerprint density at radius 3 is 2.82 bits per heavy atom. The van der Waals surface area contributed by atoms with Gasteiger partial charge in [-0.15, -0.1) is 0 Å². The molecular formula is C7H10O4. The fourth-order valence-electron chi connectivity index (χ4n) is 1.33. The number of methoxy groups -OCH3 is 1. The number of ether oxygens (including phenoxy) is 3. The molecule has 4 unspecified atom stereocenters. The van der Waals surface area contributed by atoms with Gasteiger partial charge in [-0.3, -0.25) is 4.79 Å². The molecule has 0 spiro atoms. The van der Waals surface area contributed by atoms with E-state index in [0.29, 0.717) is 0 Å². The summed E-state index contributed by atoms with van der Waals surface area (Å²) in [7, 11) is 1.55. The van der Waals surface area contributed by atoms with Gasteiger partial charge in [-0.2, -0.15) is 0 Å². The molecule has 4 heteroatoms. The largest absolute Gasteiger partial charge is 0.356 e. The molecular weight excluding hydrogens is 148 g/mol. The fourth-order valence-corrected chi connectivity index (χ4v) is 1.33. The van der Waals surface area contributed by atoms with Crippen molar-refractivity contribution in [1.29, 1.82) is 0 Å². The van der Waals surface area contributed by atoms with E-state index in [4.69, 9.17) is 14.2 Å². The summed E-state index contributed by atoms with van der Waals surface area (Å²) in [4.78, 5) is 11.1. The van der Waals surface area contributed by atoms with Gasteiger partial charge in [0.1, 0.15) is 12.2 Å². The summed E-state index contributed by atoms with van der Waals surface area (Å²) in [6.07, 6.45) is -1.15. The molecule has 0 N–H and O–H groups in total. The highest BCUT2D eigenvalue weighted by atomic mass is 16.7. The first-order valence-electron chi connectivity index (χ1n) is 3.61. The third-order valence-corrected chi connectivity index (χ3v) is 2.05. The Bertz CT molecular complexity index is 187. The molecule has 2 saturated heterocycles. The molecule has 11 heavy (non-hydrogen) atoms. The van der Waals surface area contributed by atoms with Crippen LogP contribution in [-0.4, -0.2) is 37.5 Å². The summed E-state index contributed by atoms with van der Waals surface area (Å²) < 4.78 is 15.2. The average Bonchev–Trinajstić information content (AvgIpc) is 2.76. The van der Waals surface area contributed by atoms with E-state index in [2.05, 4.69) is 0 Å². The van der Waals surface area contributed by atoms with Crippen LogP contribution in [0, 0.1) is 0 Å². The maximum Gasteiger partial charge on any atom is 0.192 e. The number of ketones is 1. The van der Waals surface area contributed by atoms with Gasteiger partial charge in [0.25, 0.3) is 0 Å². The molecule has 2 heterocycles. The molecule has 0 aliphatic carbocycles. The van der Waals surface area contributed by atoms with Crippen molar-refractivity contribution in [2.45, 2.75) is 31.5 Å². The van der Waals surface area contributed by atoms with E-state index in [-0.39, 0.29) is 30.4 Å². The van der Waals surface area contributed by atoms with E-state index < -0.39 is 0 Å². The number of rotatable bonds is 1. The maximum absolute atomic E-state index is 11.1. The lowest BCUT2D eigenvalue weighted by molar-refractivity contribution is -0.177. The van der Waals surface area contributed by atoms with Gasteiger partial charge in [0.05, 0.1) is 0 Å². The van der Waals surface area contributed by atoms with E-state index in [1.165, 1.54) is 0 Å². The van der Waals surface area contributed by atoms with Crippen LogP contribution in [0.15, 0.2) is 0 Å². The Labute approximate surface area is 64.4 Å². The quantitative estimate of drug-likeness (QED) is 0.492. The van der Waals surface area contributed by atoms with Crippen molar-refractivity contribution < 1.29 is 19.0 Å². The standard InChI is InChI=1S/C7H10O4/c1-3-4(8)5-6(11-5)7(9-2)10-3/h3,5-7H,1-2H3. The summed E-state index contributed by atoms with van der Waals surface area (Å²) >= 11 is 0. The van der Waals surface area contributed by atoms with Gasteiger partial charge in [0.15, 0.2) is 18.2 Å². The summed E-state index contributed by atoms with van der Waals surface area (Å²) in [6, 6.07) is 0. The van der Waals surface area contributed by atoms with Gasteiger partial charge >= 0.3 is 0 Å². The topological polar surface area (TPSA) is 48.1 Å². The predicted octanol–water partition coefficient (Wildman–Crippen LogP) is -0.286. The van der Waals surface area contributed by atoms with Crippen molar-refractivity contribution in [2.75, 3.05) is 7.11 Å².